The van der Waals surface area contributed by atoms with Gasteiger partial charge in [-0.1, -0.05) is 42.5 Å². The number of rotatable bonds is 2. The Bertz CT molecular complexity index is 668. The van der Waals surface area contributed by atoms with E-state index in [0.29, 0.717) is 16.7 Å². The van der Waals surface area contributed by atoms with Gasteiger partial charge >= 0.3 is 5.97 Å². The van der Waals surface area contributed by atoms with E-state index < -0.39 is 23.6 Å². The monoisotopic (exact) mass is 266 g/mol. The Morgan fingerprint density at radius 2 is 1.30 bits per heavy atom. The fraction of sp³-hybridized carbons (Fsp3) is 0.0625. The van der Waals surface area contributed by atoms with Crippen molar-refractivity contribution in [2.45, 2.75) is 6.10 Å². The summed E-state index contributed by atoms with van der Waals surface area (Å²) in [5.41, 5.74) is 0.927. The minimum Gasteiger partial charge on any atom is -0.442 e. The highest BCUT2D eigenvalue weighted by atomic mass is 16.6. The topological polar surface area (TPSA) is 60.4 Å². The van der Waals surface area contributed by atoms with E-state index in [9.17, 15) is 14.4 Å². The van der Waals surface area contributed by atoms with E-state index in [-0.39, 0.29) is 0 Å². The lowest BCUT2D eigenvalue weighted by molar-refractivity contribution is 0.0292. The molecule has 20 heavy (non-hydrogen) atoms. The summed E-state index contributed by atoms with van der Waals surface area (Å²) in [6.45, 7) is 0. The molecule has 0 amide bonds. The van der Waals surface area contributed by atoms with Crippen molar-refractivity contribution in [2.75, 3.05) is 0 Å². The van der Waals surface area contributed by atoms with Gasteiger partial charge in [-0.25, -0.2) is 4.79 Å². The van der Waals surface area contributed by atoms with Gasteiger partial charge in [0, 0.05) is 11.1 Å². The summed E-state index contributed by atoms with van der Waals surface area (Å²) in [5, 5.41) is 0. The van der Waals surface area contributed by atoms with Crippen LogP contribution in [0.15, 0.2) is 54.6 Å². The molecule has 4 nitrogen and oxygen atoms in total. The van der Waals surface area contributed by atoms with Crippen LogP contribution in [0.3, 0.4) is 0 Å². The van der Waals surface area contributed by atoms with Gasteiger partial charge in [-0.3, -0.25) is 9.59 Å². The van der Waals surface area contributed by atoms with Crippen molar-refractivity contribution in [3.63, 3.8) is 0 Å². The third kappa shape index (κ3) is 1.91. The molecular formula is C16H10O4. The molecule has 0 bridgehead atoms. The maximum Gasteiger partial charge on any atom is 0.339 e. The van der Waals surface area contributed by atoms with Gasteiger partial charge in [0.2, 0.25) is 17.7 Å². The Morgan fingerprint density at radius 1 is 0.800 bits per heavy atom. The van der Waals surface area contributed by atoms with E-state index in [2.05, 4.69) is 0 Å². The summed E-state index contributed by atoms with van der Waals surface area (Å²) < 4.78 is 5.07. The summed E-state index contributed by atoms with van der Waals surface area (Å²) in [4.78, 5) is 36.1. The van der Waals surface area contributed by atoms with Crippen molar-refractivity contribution in [1.29, 1.82) is 0 Å². The van der Waals surface area contributed by atoms with Crippen LogP contribution in [0.5, 0.6) is 0 Å². The fourth-order valence-electron chi connectivity index (χ4n) is 2.17. The first-order chi connectivity index (χ1) is 9.68. The third-order valence-corrected chi connectivity index (χ3v) is 3.17. The Hall–Kier alpha value is -2.75. The quantitative estimate of drug-likeness (QED) is 0.618. The Kier molecular flexibility index (Phi) is 2.91. The summed E-state index contributed by atoms with van der Waals surface area (Å²) >= 11 is 0. The molecule has 2 aromatic rings. The van der Waals surface area contributed by atoms with Gasteiger partial charge in [-0.2, -0.15) is 0 Å². The van der Waals surface area contributed by atoms with Crippen molar-refractivity contribution in [1.82, 2.24) is 0 Å². The van der Waals surface area contributed by atoms with E-state index in [1.807, 2.05) is 0 Å². The maximum absolute atomic E-state index is 12.1. The van der Waals surface area contributed by atoms with Crippen LogP contribution >= 0.6 is 0 Å². The molecule has 0 saturated carbocycles. The Labute approximate surface area is 115 Å². The van der Waals surface area contributed by atoms with Gasteiger partial charge in [0.05, 0.1) is 5.56 Å². The molecule has 0 saturated heterocycles. The first-order valence-corrected chi connectivity index (χ1v) is 6.12. The molecule has 98 valence electrons. The Morgan fingerprint density at radius 3 is 1.85 bits per heavy atom. The highest BCUT2D eigenvalue weighted by Gasteiger charge is 2.41. The minimum absolute atomic E-state index is 0.309. The van der Waals surface area contributed by atoms with E-state index in [1.165, 1.54) is 0 Å². The number of esters is 1. The predicted molar refractivity (Wildman–Crippen MR) is 70.7 cm³/mol. The van der Waals surface area contributed by atoms with Crippen molar-refractivity contribution < 1.29 is 19.1 Å². The number of ether oxygens (including phenoxy) is 1. The zero-order valence-electron chi connectivity index (χ0n) is 10.4. The normalized spacial score (nSPS) is 14.2. The van der Waals surface area contributed by atoms with Gasteiger partial charge in [-0.15, -0.1) is 0 Å². The molecule has 0 aromatic heterocycles. The van der Waals surface area contributed by atoms with E-state index in [1.54, 1.807) is 54.6 Å². The summed E-state index contributed by atoms with van der Waals surface area (Å²) in [5.74, 6) is -1.60. The molecule has 2 aromatic carbocycles. The molecule has 0 heterocycles. The lowest BCUT2D eigenvalue weighted by Gasteiger charge is -2.09. The molecule has 4 heteroatoms. The highest BCUT2D eigenvalue weighted by molar-refractivity contribution is 6.29. The predicted octanol–water partition coefficient (Wildman–Crippen LogP) is 2.29. The minimum atomic E-state index is -1.36. The molecule has 1 aliphatic carbocycles. The number of hydrogen-bond acceptors (Lipinski definition) is 4. The molecule has 0 fully saturated rings. The first-order valence-electron chi connectivity index (χ1n) is 6.12. The van der Waals surface area contributed by atoms with Crippen LogP contribution in [0, 0.1) is 0 Å². The number of hydrogen-bond donors (Lipinski definition) is 0. The zero-order chi connectivity index (χ0) is 14.1. The second kappa shape index (κ2) is 4.74. The first kappa shape index (κ1) is 12.3. The molecule has 0 atom stereocenters. The second-order valence-electron chi connectivity index (χ2n) is 4.43. The fourth-order valence-corrected chi connectivity index (χ4v) is 2.17. The average molecular weight is 266 g/mol. The van der Waals surface area contributed by atoms with Crippen LogP contribution in [-0.4, -0.2) is 23.6 Å². The molecule has 0 spiro atoms. The van der Waals surface area contributed by atoms with E-state index in [0.717, 1.165) is 0 Å². The van der Waals surface area contributed by atoms with Crippen molar-refractivity contribution >= 4 is 17.5 Å². The number of ketones is 2. The third-order valence-electron chi connectivity index (χ3n) is 3.17. The van der Waals surface area contributed by atoms with Gasteiger partial charge in [0.25, 0.3) is 0 Å². The van der Waals surface area contributed by atoms with Crippen LogP contribution in [0.2, 0.25) is 0 Å². The second-order valence-corrected chi connectivity index (χ2v) is 4.43. The van der Waals surface area contributed by atoms with Crippen LogP contribution < -0.4 is 0 Å². The molecule has 0 unspecified atom stereocenters. The van der Waals surface area contributed by atoms with Gasteiger partial charge < -0.3 is 4.74 Å². The maximum atomic E-state index is 12.1. The van der Waals surface area contributed by atoms with Crippen molar-refractivity contribution in [3.05, 3.63) is 71.3 Å². The largest absolute Gasteiger partial charge is 0.442 e. The molecular weight excluding hydrogens is 256 g/mol. The number of benzene rings is 2. The number of fused-ring (bicyclic) bond motifs is 1. The molecule has 0 aliphatic heterocycles. The molecule has 1 aliphatic rings. The summed E-state index contributed by atoms with van der Waals surface area (Å²) in [6.07, 6.45) is -1.36. The lowest BCUT2D eigenvalue weighted by Crippen LogP contribution is -2.28. The summed E-state index contributed by atoms with van der Waals surface area (Å²) in [7, 11) is 0. The molecule has 0 radical (unpaired) electrons. The van der Waals surface area contributed by atoms with Crippen LogP contribution in [0.25, 0.3) is 0 Å². The standard InChI is InChI=1S/C16H10O4/c17-13-11-8-4-5-9-12(11)14(18)15(13)20-16(19)10-6-2-1-3-7-10/h1-9,15H. The Balaban J connectivity index is 1.86. The van der Waals surface area contributed by atoms with E-state index in [4.69, 9.17) is 4.74 Å². The number of carbonyl (C=O) groups excluding carboxylic acids is 3. The number of carbonyl (C=O) groups is 3. The van der Waals surface area contributed by atoms with Crippen LogP contribution in [-0.2, 0) is 4.74 Å². The zero-order valence-corrected chi connectivity index (χ0v) is 10.4. The van der Waals surface area contributed by atoms with E-state index >= 15 is 0 Å². The van der Waals surface area contributed by atoms with Crippen LogP contribution in [0.1, 0.15) is 31.1 Å². The molecule has 3 rings (SSSR count). The SMILES string of the molecule is O=C(OC1C(=O)c2ccccc2C1=O)c1ccccc1. The van der Waals surface area contributed by atoms with Crippen molar-refractivity contribution in [2.24, 2.45) is 0 Å². The van der Waals surface area contributed by atoms with Gasteiger partial charge in [0.1, 0.15) is 0 Å². The lowest BCUT2D eigenvalue weighted by atomic mass is 10.1. The smallest absolute Gasteiger partial charge is 0.339 e. The van der Waals surface area contributed by atoms with Gasteiger partial charge in [-0.05, 0) is 12.1 Å². The van der Waals surface area contributed by atoms with Crippen LogP contribution in [0.4, 0.5) is 0 Å². The molecule has 0 N–H and O–H groups in total. The van der Waals surface area contributed by atoms with Crippen molar-refractivity contribution in [3.8, 4) is 0 Å². The average Bonchev–Trinajstić information content (AvgIpc) is 2.74. The number of Topliss-reactive ketones (excluding diaryl/α,β-unsaturated/α-hetero) is 2. The van der Waals surface area contributed by atoms with Gasteiger partial charge in [0.15, 0.2) is 0 Å². The summed E-state index contributed by atoms with van der Waals surface area (Å²) in [6, 6.07) is 14.7. The highest BCUT2D eigenvalue weighted by Crippen LogP contribution is 2.24.